The van der Waals surface area contributed by atoms with Crippen LogP contribution >= 0.6 is 11.6 Å². The molecule has 0 amide bonds. The molecule has 2 aliphatic rings. The summed E-state index contributed by atoms with van der Waals surface area (Å²) in [5, 5.41) is 0.941. The lowest BCUT2D eigenvalue weighted by Crippen LogP contribution is -2.34. The minimum absolute atomic E-state index is 0.190. The lowest BCUT2D eigenvalue weighted by atomic mass is 9.69. The molecule has 0 N–H and O–H groups in total. The van der Waals surface area contributed by atoms with Crippen molar-refractivity contribution in [3.05, 3.63) is 34.3 Å². The van der Waals surface area contributed by atoms with Crippen LogP contribution in [0.1, 0.15) is 65.0 Å². The fourth-order valence-electron chi connectivity index (χ4n) is 4.56. The molecule has 1 saturated carbocycles. The summed E-state index contributed by atoms with van der Waals surface area (Å²) < 4.78 is 5.92. The van der Waals surface area contributed by atoms with Gasteiger partial charge in [-0.1, -0.05) is 58.4 Å². The van der Waals surface area contributed by atoms with Gasteiger partial charge in [-0.3, -0.25) is 0 Å². The molecule has 1 aromatic rings. The van der Waals surface area contributed by atoms with E-state index in [2.05, 4.69) is 52.8 Å². The van der Waals surface area contributed by atoms with E-state index in [1.165, 1.54) is 24.0 Å². The maximum atomic E-state index is 6.65. The average Bonchev–Trinajstić information content (AvgIpc) is 2.98. The SMILES string of the molecule is CC(C)(C)CCc1ccc(C23CCC(C)(C)C2COC3)cc1Cl. The van der Waals surface area contributed by atoms with Gasteiger partial charge in [0.25, 0.3) is 0 Å². The highest BCUT2D eigenvalue weighted by molar-refractivity contribution is 6.31. The Bertz CT molecular complexity index is 584. The Morgan fingerprint density at radius 2 is 1.96 bits per heavy atom. The Morgan fingerprint density at radius 1 is 1.22 bits per heavy atom. The quantitative estimate of drug-likeness (QED) is 0.656. The topological polar surface area (TPSA) is 9.23 Å². The van der Waals surface area contributed by atoms with E-state index in [1.807, 2.05) is 0 Å². The van der Waals surface area contributed by atoms with Crippen LogP contribution in [0.2, 0.25) is 5.02 Å². The molecule has 2 heteroatoms. The summed E-state index contributed by atoms with van der Waals surface area (Å²) in [5.41, 5.74) is 3.59. The van der Waals surface area contributed by atoms with Gasteiger partial charge in [0.05, 0.1) is 13.2 Å². The molecule has 0 bridgehead atoms. The van der Waals surface area contributed by atoms with Gasteiger partial charge in [-0.05, 0) is 59.6 Å². The molecular weight excluding hydrogens is 304 g/mol. The van der Waals surface area contributed by atoms with Crippen LogP contribution in [0.5, 0.6) is 0 Å². The fourth-order valence-corrected chi connectivity index (χ4v) is 4.83. The van der Waals surface area contributed by atoms with Crippen LogP contribution in [0, 0.1) is 16.7 Å². The van der Waals surface area contributed by atoms with Crippen LogP contribution in [0.4, 0.5) is 0 Å². The number of fused-ring (bicyclic) bond motifs is 1. The number of halogens is 1. The largest absolute Gasteiger partial charge is 0.380 e. The van der Waals surface area contributed by atoms with Gasteiger partial charge in [-0.15, -0.1) is 0 Å². The smallest absolute Gasteiger partial charge is 0.0566 e. The first-order valence-electron chi connectivity index (χ1n) is 9.01. The highest BCUT2D eigenvalue weighted by atomic mass is 35.5. The Labute approximate surface area is 146 Å². The van der Waals surface area contributed by atoms with Crippen molar-refractivity contribution >= 4 is 11.6 Å². The number of hydrogen-bond acceptors (Lipinski definition) is 1. The minimum Gasteiger partial charge on any atom is -0.380 e. The molecule has 1 aliphatic carbocycles. The van der Waals surface area contributed by atoms with Crippen molar-refractivity contribution in [2.75, 3.05) is 13.2 Å². The summed E-state index contributed by atoms with van der Waals surface area (Å²) in [6.07, 6.45) is 4.73. The number of hydrogen-bond donors (Lipinski definition) is 0. The van der Waals surface area contributed by atoms with Gasteiger partial charge in [0.1, 0.15) is 0 Å². The molecule has 23 heavy (non-hydrogen) atoms. The Morgan fingerprint density at radius 3 is 2.61 bits per heavy atom. The van der Waals surface area contributed by atoms with Crippen molar-refractivity contribution in [1.82, 2.24) is 0 Å². The number of benzene rings is 1. The van der Waals surface area contributed by atoms with E-state index < -0.39 is 0 Å². The molecule has 128 valence electrons. The zero-order valence-corrected chi connectivity index (χ0v) is 16.1. The van der Waals surface area contributed by atoms with E-state index in [4.69, 9.17) is 16.3 Å². The van der Waals surface area contributed by atoms with E-state index in [1.54, 1.807) is 0 Å². The molecule has 3 rings (SSSR count). The summed E-state index contributed by atoms with van der Waals surface area (Å²) in [6.45, 7) is 13.4. The maximum Gasteiger partial charge on any atom is 0.0566 e. The summed E-state index contributed by atoms with van der Waals surface area (Å²) >= 11 is 6.65. The summed E-state index contributed by atoms with van der Waals surface area (Å²) in [5.74, 6) is 0.617. The van der Waals surface area contributed by atoms with E-state index in [-0.39, 0.29) is 5.41 Å². The summed E-state index contributed by atoms with van der Waals surface area (Å²) in [7, 11) is 0. The summed E-state index contributed by atoms with van der Waals surface area (Å²) in [4.78, 5) is 0. The lowest BCUT2D eigenvalue weighted by molar-refractivity contribution is 0.142. The van der Waals surface area contributed by atoms with Crippen LogP contribution in [0.25, 0.3) is 0 Å². The Balaban J connectivity index is 1.86. The highest BCUT2D eigenvalue weighted by Gasteiger charge is 2.56. The second-order valence-corrected chi connectivity index (χ2v) is 9.99. The van der Waals surface area contributed by atoms with Crippen molar-refractivity contribution in [1.29, 1.82) is 0 Å². The van der Waals surface area contributed by atoms with Crippen molar-refractivity contribution in [2.45, 2.75) is 65.7 Å². The van der Waals surface area contributed by atoms with Gasteiger partial charge < -0.3 is 4.74 Å². The van der Waals surface area contributed by atoms with Crippen LogP contribution in [-0.2, 0) is 16.6 Å². The maximum absolute atomic E-state index is 6.65. The predicted octanol–water partition coefficient (Wildman–Crippen LogP) is 6.02. The molecule has 0 aromatic heterocycles. The monoisotopic (exact) mass is 334 g/mol. The number of rotatable bonds is 3. The molecule has 1 aliphatic heterocycles. The zero-order chi connectivity index (χ0) is 16.9. The molecule has 1 aromatic carbocycles. The van der Waals surface area contributed by atoms with Gasteiger partial charge in [0.15, 0.2) is 0 Å². The highest BCUT2D eigenvalue weighted by Crippen LogP contribution is 2.58. The lowest BCUT2D eigenvalue weighted by Gasteiger charge is -2.33. The first-order valence-corrected chi connectivity index (χ1v) is 9.39. The third-order valence-electron chi connectivity index (χ3n) is 6.24. The second-order valence-electron chi connectivity index (χ2n) is 9.58. The predicted molar refractivity (Wildman–Crippen MR) is 98.2 cm³/mol. The molecule has 0 radical (unpaired) electrons. The third-order valence-corrected chi connectivity index (χ3v) is 6.59. The van der Waals surface area contributed by atoms with Crippen LogP contribution < -0.4 is 0 Å². The van der Waals surface area contributed by atoms with E-state index in [9.17, 15) is 0 Å². The standard InChI is InChI=1S/C21H31ClO/c1-19(2,3)9-8-15-6-7-16(12-17(15)22)21-11-10-20(4,5)18(21)13-23-14-21/h6-7,12,18H,8-11,13-14H2,1-5H3. The van der Waals surface area contributed by atoms with Gasteiger partial charge in [-0.25, -0.2) is 0 Å². The van der Waals surface area contributed by atoms with Crippen molar-refractivity contribution in [3.8, 4) is 0 Å². The van der Waals surface area contributed by atoms with Crippen LogP contribution in [0.15, 0.2) is 18.2 Å². The Kier molecular flexibility index (Phi) is 4.34. The van der Waals surface area contributed by atoms with Crippen LogP contribution in [0.3, 0.4) is 0 Å². The zero-order valence-electron chi connectivity index (χ0n) is 15.3. The van der Waals surface area contributed by atoms with Gasteiger partial charge in [0.2, 0.25) is 0 Å². The summed E-state index contributed by atoms with van der Waals surface area (Å²) in [6, 6.07) is 6.83. The number of aryl methyl sites for hydroxylation is 1. The number of ether oxygens (including phenoxy) is 1. The van der Waals surface area contributed by atoms with E-state index in [0.717, 1.165) is 31.1 Å². The van der Waals surface area contributed by atoms with Gasteiger partial charge in [0, 0.05) is 10.4 Å². The molecule has 1 heterocycles. The molecule has 1 saturated heterocycles. The normalized spacial score (nSPS) is 29.7. The second kappa shape index (κ2) is 5.77. The molecule has 0 spiro atoms. The third kappa shape index (κ3) is 3.20. The van der Waals surface area contributed by atoms with Gasteiger partial charge in [-0.2, -0.15) is 0 Å². The first kappa shape index (κ1) is 17.3. The molecule has 2 unspecified atom stereocenters. The van der Waals surface area contributed by atoms with E-state index in [0.29, 0.717) is 16.7 Å². The molecule has 2 atom stereocenters. The average molecular weight is 335 g/mol. The minimum atomic E-state index is 0.190. The molecular formula is C21H31ClO. The van der Waals surface area contributed by atoms with Crippen molar-refractivity contribution in [3.63, 3.8) is 0 Å². The Hall–Kier alpha value is -0.530. The first-order chi connectivity index (χ1) is 10.6. The van der Waals surface area contributed by atoms with Crippen LogP contribution in [-0.4, -0.2) is 13.2 Å². The fraction of sp³-hybridized carbons (Fsp3) is 0.714. The van der Waals surface area contributed by atoms with E-state index >= 15 is 0 Å². The molecule has 1 nitrogen and oxygen atoms in total. The van der Waals surface area contributed by atoms with Crippen molar-refractivity contribution in [2.24, 2.45) is 16.7 Å². The van der Waals surface area contributed by atoms with Crippen molar-refractivity contribution < 1.29 is 4.74 Å². The molecule has 2 fully saturated rings. The van der Waals surface area contributed by atoms with Gasteiger partial charge >= 0.3 is 0 Å².